The van der Waals surface area contributed by atoms with Crippen LogP contribution in [0.1, 0.15) is 97.8 Å². The van der Waals surface area contributed by atoms with Gasteiger partial charge in [0.2, 0.25) is 0 Å². The molecule has 0 aromatic carbocycles. The number of unbranched alkanes of at least 4 members (excludes halogenated alkanes) is 6. The van der Waals surface area contributed by atoms with Gasteiger partial charge in [-0.25, -0.2) is 0 Å². The van der Waals surface area contributed by atoms with Crippen molar-refractivity contribution in [2.75, 3.05) is 13.2 Å². The van der Waals surface area contributed by atoms with E-state index < -0.39 is 0 Å². The molecule has 1 atom stereocenters. The van der Waals surface area contributed by atoms with Crippen LogP contribution in [0.2, 0.25) is 0 Å². The van der Waals surface area contributed by atoms with Crippen molar-refractivity contribution in [1.82, 2.24) is 5.32 Å². The Kier molecular flexibility index (Phi) is 10.4. The number of rotatable bonds is 13. The van der Waals surface area contributed by atoms with Crippen molar-refractivity contribution in [2.45, 2.75) is 109 Å². The third kappa shape index (κ3) is 6.69. The standard InChI is InChI=1S/C19H39NO/c1-4-7-8-9-10-11-12-15-18(20-5-2)19(21-6-3)16-13-14-17-19/h18,20H,4-17H2,1-3H3. The molecule has 126 valence electrons. The fourth-order valence-corrected chi connectivity index (χ4v) is 3.96. The highest BCUT2D eigenvalue weighted by Gasteiger charge is 2.41. The lowest BCUT2D eigenvalue weighted by atomic mass is 9.87. The molecular weight excluding hydrogens is 258 g/mol. The molecule has 1 unspecified atom stereocenters. The first-order valence-corrected chi connectivity index (χ1v) is 9.66. The number of nitrogens with one attached hydrogen (secondary N) is 1. The van der Waals surface area contributed by atoms with Crippen LogP contribution >= 0.6 is 0 Å². The first kappa shape index (κ1) is 19.0. The molecule has 0 heterocycles. The van der Waals surface area contributed by atoms with E-state index >= 15 is 0 Å². The third-order valence-electron chi connectivity index (χ3n) is 5.06. The molecule has 1 N–H and O–H groups in total. The molecule has 0 radical (unpaired) electrons. The topological polar surface area (TPSA) is 21.3 Å². The van der Waals surface area contributed by atoms with Crippen LogP contribution in [-0.2, 0) is 4.74 Å². The molecule has 2 nitrogen and oxygen atoms in total. The molecule has 1 aliphatic rings. The van der Waals surface area contributed by atoms with Gasteiger partial charge < -0.3 is 10.1 Å². The summed E-state index contributed by atoms with van der Waals surface area (Å²) < 4.78 is 6.25. The Hall–Kier alpha value is -0.0800. The summed E-state index contributed by atoms with van der Waals surface area (Å²) in [5.41, 5.74) is 0.146. The van der Waals surface area contributed by atoms with Gasteiger partial charge in [0.05, 0.1) is 5.60 Å². The van der Waals surface area contributed by atoms with Crippen LogP contribution in [0.5, 0.6) is 0 Å². The second-order valence-electron chi connectivity index (χ2n) is 6.73. The normalized spacial score (nSPS) is 19.0. The minimum atomic E-state index is 0.146. The van der Waals surface area contributed by atoms with Gasteiger partial charge in [0.25, 0.3) is 0 Å². The van der Waals surface area contributed by atoms with Crippen molar-refractivity contribution < 1.29 is 4.74 Å². The largest absolute Gasteiger partial charge is 0.374 e. The van der Waals surface area contributed by atoms with E-state index in [4.69, 9.17) is 4.74 Å². The van der Waals surface area contributed by atoms with Gasteiger partial charge in [-0.1, -0.05) is 71.6 Å². The van der Waals surface area contributed by atoms with Crippen LogP contribution in [0.25, 0.3) is 0 Å². The van der Waals surface area contributed by atoms with Gasteiger partial charge in [0.15, 0.2) is 0 Å². The molecular formula is C19H39NO. The Bertz CT molecular complexity index is 236. The number of hydrogen-bond acceptors (Lipinski definition) is 2. The van der Waals surface area contributed by atoms with Crippen molar-refractivity contribution in [3.05, 3.63) is 0 Å². The third-order valence-corrected chi connectivity index (χ3v) is 5.06. The summed E-state index contributed by atoms with van der Waals surface area (Å²) in [6, 6.07) is 0.570. The Balaban J connectivity index is 2.31. The van der Waals surface area contributed by atoms with E-state index in [9.17, 15) is 0 Å². The SMILES string of the molecule is CCCCCCCCCC(NCC)C1(OCC)CCCC1. The predicted octanol–water partition coefficient (Wildman–Crippen LogP) is 5.45. The van der Waals surface area contributed by atoms with E-state index in [0.29, 0.717) is 6.04 Å². The fraction of sp³-hybridized carbons (Fsp3) is 1.00. The maximum atomic E-state index is 6.25. The highest BCUT2D eigenvalue weighted by molar-refractivity contribution is 4.96. The zero-order valence-electron chi connectivity index (χ0n) is 14.9. The van der Waals surface area contributed by atoms with E-state index in [1.54, 1.807) is 0 Å². The number of hydrogen-bond donors (Lipinski definition) is 1. The molecule has 0 aromatic rings. The average Bonchev–Trinajstić information content (AvgIpc) is 2.95. The summed E-state index contributed by atoms with van der Waals surface area (Å²) >= 11 is 0. The Labute approximate surface area is 133 Å². The summed E-state index contributed by atoms with van der Waals surface area (Å²) in [5.74, 6) is 0. The first-order valence-electron chi connectivity index (χ1n) is 9.66. The summed E-state index contributed by atoms with van der Waals surface area (Å²) in [6.07, 6.45) is 16.3. The zero-order chi connectivity index (χ0) is 15.4. The highest BCUT2D eigenvalue weighted by Crippen LogP contribution is 2.38. The Morgan fingerprint density at radius 2 is 1.52 bits per heavy atom. The van der Waals surface area contributed by atoms with Crippen molar-refractivity contribution >= 4 is 0 Å². The molecule has 2 heteroatoms. The molecule has 0 saturated heterocycles. The van der Waals surface area contributed by atoms with E-state index in [1.807, 2.05) is 0 Å². The minimum Gasteiger partial charge on any atom is -0.374 e. The van der Waals surface area contributed by atoms with Gasteiger partial charge in [-0.3, -0.25) is 0 Å². The molecule has 0 aromatic heterocycles. The van der Waals surface area contributed by atoms with E-state index in [1.165, 1.54) is 77.0 Å². The van der Waals surface area contributed by atoms with E-state index in [-0.39, 0.29) is 5.60 Å². The van der Waals surface area contributed by atoms with Crippen molar-refractivity contribution in [3.8, 4) is 0 Å². The van der Waals surface area contributed by atoms with Crippen LogP contribution in [0.4, 0.5) is 0 Å². The smallest absolute Gasteiger partial charge is 0.0834 e. The van der Waals surface area contributed by atoms with Gasteiger partial charge in [0.1, 0.15) is 0 Å². The van der Waals surface area contributed by atoms with Crippen LogP contribution in [0.15, 0.2) is 0 Å². The molecule has 1 saturated carbocycles. The van der Waals surface area contributed by atoms with Crippen LogP contribution in [-0.4, -0.2) is 24.8 Å². The monoisotopic (exact) mass is 297 g/mol. The summed E-state index contributed by atoms with van der Waals surface area (Å²) in [7, 11) is 0. The lowest BCUT2D eigenvalue weighted by Crippen LogP contribution is -2.51. The van der Waals surface area contributed by atoms with Crippen molar-refractivity contribution in [3.63, 3.8) is 0 Å². The lowest BCUT2D eigenvalue weighted by molar-refractivity contribution is -0.0633. The molecule has 0 aliphatic heterocycles. The fourth-order valence-electron chi connectivity index (χ4n) is 3.96. The molecule has 0 amide bonds. The first-order chi connectivity index (χ1) is 10.3. The molecule has 1 aliphatic carbocycles. The maximum Gasteiger partial charge on any atom is 0.0834 e. The second kappa shape index (κ2) is 11.5. The van der Waals surface area contributed by atoms with Crippen molar-refractivity contribution in [2.24, 2.45) is 0 Å². The average molecular weight is 298 g/mol. The molecule has 1 rings (SSSR count). The van der Waals surface area contributed by atoms with Crippen molar-refractivity contribution in [1.29, 1.82) is 0 Å². The van der Waals surface area contributed by atoms with Gasteiger partial charge in [-0.05, 0) is 32.7 Å². The maximum absolute atomic E-state index is 6.25. The van der Waals surface area contributed by atoms with Crippen LogP contribution in [0.3, 0.4) is 0 Å². The van der Waals surface area contributed by atoms with Gasteiger partial charge in [0, 0.05) is 12.6 Å². The summed E-state index contributed by atoms with van der Waals surface area (Å²) in [4.78, 5) is 0. The Morgan fingerprint density at radius 1 is 0.905 bits per heavy atom. The molecule has 0 bridgehead atoms. The summed E-state index contributed by atoms with van der Waals surface area (Å²) in [6.45, 7) is 8.59. The molecule has 1 fully saturated rings. The summed E-state index contributed by atoms with van der Waals surface area (Å²) in [5, 5.41) is 3.74. The molecule has 0 spiro atoms. The predicted molar refractivity (Wildman–Crippen MR) is 92.9 cm³/mol. The number of likely N-dealkylation sites (N-methyl/N-ethyl adjacent to an activating group) is 1. The van der Waals surface area contributed by atoms with E-state index in [0.717, 1.165) is 13.2 Å². The second-order valence-corrected chi connectivity index (χ2v) is 6.73. The van der Waals surface area contributed by atoms with Crippen LogP contribution < -0.4 is 5.32 Å². The zero-order valence-corrected chi connectivity index (χ0v) is 14.9. The lowest BCUT2D eigenvalue weighted by Gasteiger charge is -2.38. The minimum absolute atomic E-state index is 0.146. The van der Waals surface area contributed by atoms with Gasteiger partial charge in [-0.2, -0.15) is 0 Å². The molecule has 21 heavy (non-hydrogen) atoms. The quantitative estimate of drug-likeness (QED) is 0.456. The van der Waals surface area contributed by atoms with Gasteiger partial charge in [-0.15, -0.1) is 0 Å². The highest BCUT2D eigenvalue weighted by atomic mass is 16.5. The van der Waals surface area contributed by atoms with Gasteiger partial charge >= 0.3 is 0 Å². The number of ether oxygens (including phenoxy) is 1. The van der Waals surface area contributed by atoms with Crippen LogP contribution in [0, 0.1) is 0 Å². The van der Waals surface area contributed by atoms with E-state index in [2.05, 4.69) is 26.1 Å². The Morgan fingerprint density at radius 3 is 2.10 bits per heavy atom.